The minimum Gasteiger partial charge on any atom is -0.493 e. The van der Waals surface area contributed by atoms with Crippen molar-refractivity contribution >= 4 is 11.9 Å². The molecule has 0 atom stereocenters. The lowest BCUT2D eigenvalue weighted by molar-refractivity contribution is -0.125. The number of nitrogens with one attached hydrogen (secondary N) is 1. The Morgan fingerprint density at radius 1 is 1.21 bits per heavy atom. The third-order valence-electron chi connectivity index (χ3n) is 4.80. The minimum absolute atomic E-state index is 0.00125. The Kier molecular flexibility index (Phi) is 6.70. The third kappa shape index (κ3) is 4.53. The third-order valence-corrected chi connectivity index (χ3v) is 4.80. The molecule has 3 rings (SSSR count). The summed E-state index contributed by atoms with van der Waals surface area (Å²) in [5.41, 5.74) is 0.778. The van der Waals surface area contributed by atoms with Crippen LogP contribution in [0.15, 0.2) is 22.7 Å². The lowest BCUT2D eigenvalue weighted by Crippen LogP contribution is -2.41. The number of piperidine rings is 1. The molecule has 1 N–H and O–H groups in total. The highest BCUT2D eigenvalue weighted by Gasteiger charge is 2.27. The number of ether oxygens (including phenoxy) is 3. The van der Waals surface area contributed by atoms with Gasteiger partial charge in [0.05, 0.1) is 20.8 Å². The fourth-order valence-corrected chi connectivity index (χ4v) is 3.19. The first-order valence-electron chi connectivity index (χ1n) is 9.24. The first-order chi connectivity index (χ1) is 13.7. The molecular formula is C19H26N4O5. The van der Waals surface area contributed by atoms with Gasteiger partial charge in [-0.2, -0.15) is 4.98 Å². The van der Waals surface area contributed by atoms with E-state index >= 15 is 0 Å². The van der Waals surface area contributed by atoms with E-state index in [4.69, 9.17) is 18.7 Å². The van der Waals surface area contributed by atoms with E-state index in [0.717, 1.165) is 18.4 Å². The lowest BCUT2D eigenvalue weighted by atomic mass is 9.96. The molecule has 9 nitrogen and oxygen atoms in total. The predicted octanol–water partition coefficient (Wildman–Crippen LogP) is 1.73. The maximum atomic E-state index is 12.2. The Morgan fingerprint density at radius 2 is 1.96 bits per heavy atom. The number of amides is 1. The number of methoxy groups -OCH3 is 3. The van der Waals surface area contributed by atoms with Crippen LogP contribution in [0.5, 0.6) is 11.5 Å². The number of nitrogens with zero attached hydrogens (tertiary/aromatic N) is 3. The van der Waals surface area contributed by atoms with Crippen LogP contribution in [-0.4, -0.2) is 63.6 Å². The number of hydrogen-bond acceptors (Lipinski definition) is 8. The van der Waals surface area contributed by atoms with E-state index in [2.05, 4.69) is 15.5 Å². The summed E-state index contributed by atoms with van der Waals surface area (Å²) in [6.45, 7) is 2.44. The molecule has 1 aromatic carbocycles. The van der Waals surface area contributed by atoms with E-state index in [-0.39, 0.29) is 11.8 Å². The van der Waals surface area contributed by atoms with Crippen LogP contribution in [0.2, 0.25) is 0 Å². The first-order valence-corrected chi connectivity index (χ1v) is 9.24. The first kappa shape index (κ1) is 19.9. The monoisotopic (exact) mass is 390 g/mol. The quantitative estimate of drug-likeness (QED) is 0.681. The molecule has 0 bridgehead atoms. The molecule has 2 heterocycles. The fourth-order valence-electron chi connectivity index (χ4n) is 3.19. The van der Waals surface area contributed by atoms with Crippen LogP contribution in [0.3, 0.4) is 0 Å². The van der Waals surface area contributed by atoms with Gasteiger partial charge in [-0.05, 0) is 31.0 Å². The molecule has 1 amide bonds. The van der Waals surface area contributed by atoms with Crippen LogP contribution in [0.1, 0.15) is 12.8 Å². The maximum Gasteiger partial charge on any atom is 0.324 e. The molecular weight excluding hydrogens is 364 g/mol. The number of aromatic nitrogens is 2. The second-order valence-corrected chi connectivity index (χ2v) is 6.52. The van der Waals surface area contributed by atoms with Crippen LogP contribution in [0.25, 0.3) is 11.4 Å². The molecule has 1 aliphatic rings. The number of carbonyl (C=O) groups is 1. The molecule has 2 aromatic rings. The van der Waals surface area contributed by atoms with Gasteiger partial charge in [0.25, 0.3) is 0 Å². The van der Waals surface area contributed by atoms with Gasteiger partial charge in [0.1, 0.15) is 0 Å². The highest BCUT2D eigenvalue weighted by atomic mass is 16.5. The summed E-state index contributed by atoms with van der Waals surface area (Å²) in [5.74, 6) is 1.80. The summed E-state index contributed by atoms with van der Waals surface area (Å²) in [7, 11) is 4.79. The van der Waals surface area contributed by atoms with Crippen LogP contribution >= 0.6 is 0 Å². The molecule has 152 valence electrons. The summed E-state index contributed by atoms with van der Waals surface area (Å²) in [5, 5.41) is 6.98. The number of hydrogen-bond donors (Lipinski definition) is 1. The van der Waals surface area contributed by atoms with Crippen molar-refractivity contribution in [1.82, 2.24) is 15.5 Å². The second kappa shape index (κ2) is 9.41. The van der Waals surface area contributed by atoms with Gasteiger partial charge in [-0.15, -0.1) is 0 Å². The van der Waals surface area contributed by atoms with E-state index in [9.17, 15) is 4.79 Å². The number of anilines is 1. The van der Waals surface area contributed by atoms with Crippen molar-refractivity contribution in [3.05, 3.63) is 18.2 Å². The van der Waals surface area contributed by atoms with Gasteiger partial charge < -0.3 is 29.0 Å². The van der Waals surface area contributed by atoms with Crippen LogP contribution < -0.4 is 19.7 Å². The normalized spacial score (nSPS) is 14.8. The van der Waals surface area contributed by atoms with E-state index in [0.29, 0.717) is 49.6 Å². The van der Waals surface area contributed by atoms with E-state index in [1.807, 2.05) is 17.0 Å². The Balaban J connectivity index is 1.60. The van der Waals surface area contributed by atoms with Crippen molar-refractivity contribution in [2.24, 2.45) is 5.92 Å². The van der Waals surface area contributed by atoms with Gasteiger partial charge in [-0.1, -0.05) is 5.16 Å². The molecule has 0 unspecified atom stereocenters. The molecule has 0 radical (unpaired) electrons. The molecule has 28 heavy (non-hydrogen) atoms. The Hall–Kier alpha value is -2.81. The highest BCUT2D eigenvalue weighted by Crippen LogP contribution is 2.32. The van der Waals surface area contributed by atoms with Crippen molar-refractivity contribution in [2.75, 3.05) is 52.5 Å². The Bertz CT molecular complexity index is 786. The molecule has 0 spiro atoms. The molecule has 0 saturated carbocycles. The topological polar surface area (TPSA) is 99.0 Å². The minimum atomic E-state index is 0.00125. The van der Waals surface area contributed by atoms with Gasteiger partial charge in [-0.25, -0.2) is 0 Å². The Morgan fingerprint density at radius 3 is 2.64 bits per heavy atom. The smallest absolute Gasteiger partial charge is 0.324 e. The SMILES string of the molecule is COCCNC(=O)C1CCN(c2nc(-c3ccc(OC)c(OC)c3)no2)CC1. The van der Waals surface area contributed by atoms with Gasteiger partial charge >= 0.3 is 6.01 Å². The van der Waals surface area contributed by atoms with Gasteiger partial charge in [0.2, 0.25) is 11.7 Å². The lowest BCUT2D eigenvalue weighted by Gasteiger charge is -2.29. The predicted molar refractivity (Wildman–Crippen MR) is 103 cm³/mol. The zero-order valence-electron chi connectivity index (χ0n) is 16.4. The van der Waals surface area contributed by atoms with Crippen molar-refractivity contribution in [3.8, 4) is 22.9 Å². The average molecular weight is 390 g/mol. The van der Waals surface area contributed by atoms with E-state index < -0.39 is 0 Å². The summed E-state index contributed by atoms with van der Waals surface area (Å²) in [6.07, 6.45) is 1.49. The average Bonchev–Trinajstić information content (AvgIpc) is 3.23. The van der Waals surface area contributed by atoms with Crippen molar-refractivity contribution in [3.63, 3.8) is 0 Å². The molecule has 1 aromatic heterocycles. The van der Waals surface area contributed by atoms with Crippen LogP contribution in [0.4, 0.5) is 6.01 Å². The summed E-state index contributed by atoms with van der Waals surface area (Å²) >= 11 is 0. The summed E-state index contributed by atoms with van der Waals surface area (Å²) in [4.78, 5) is 18.7. The van der Waals surface area contributed by atoms with Crippen LogP contribution in [-0.2, 0) is 9.53 Å². The zero-order valence-corrected chi connectivity index (χ0v) is 16.4. The van der Waals surface area contributed by atoms with Gasteiger partial charge in [0.15, 0.2) is 11.5 Å². The number of carbonyl (C=O) groups excluding carboxylic acids is 1. The second-order valence-electron chi connectivity index (χ2n) is 6.52. The van der Waals surface area contributed by atoms with E-state index in [1.165, 1.54) is 0 Å². The molecule has 1 saturated heterocycles. The molecule has 0 aliphatic carbocycles. The number of benzene rings is 1. The molecule has 9 heteroatoms. The molecule has 1 aliphatic heterocycles. The highest BCUT2D eigenvalue weighted by molar-refractivity contribution is 5.78. The van der Waals surface area contributed by atoms with Crippen molar-refractivity contribution in [2.45, 2.75) is 12.8 Å². The standard InChI is InChI=1S/C19H26N4O5/c1-25-11-8-20-18(24)13-6-9-23(10-7-13)19-21-17(22-28-19)14-4-5-15(26-2)16(12-14)27-3/h4-5,12-13H,6-11H2,1-3H3,(H,20,24). The van der Waals surface area contributed by atoms with Crippen molar-refractivity contribution < 1.29 is 23.5 Å². The zero-order chi connectivity index (χ0) is 19.9. The number of rotatable bonds is 8. The molecule has 1 fully saturated rings. The van der Waals surface area contributed by atoms with E-state index in [1.54, 1.807) is 27.4 Å². The summed E-state index contributed by atoms with van der Waals surface area (Å²) < 4.78 is 21.0. The largest absolute Gasteiger partial charge is 0.493 e. The Labute approximate surface area is 163 Å². The van der Waals surface area contributed by atoms with Gasteiger partial charge in [0, 0.05) is 38.2 Å². The fraction of sp³-hybridized carbons (Fsp3) is 0.526. The van der Waals surface area contributed by atoms with Crippen molar-refractivity contribution in [1.29, 1.82) is 0 Å². The van der Waals surface area contributed by atoms with Gasteiger partial charge in [-0.3, -0.25) is 4.79 Å². The summed E-state index contributed by atoms with van der Waals surface area (Å²) in [6, 6.07) is 5.93. The maximum absolute atomic E-state index is 12.2. The van der Waals surface area contributed by atoms with Crippen LogP contribution in [0, 0.1) is 5.92 Å².